The quantitative estimate of drug-likeness (QED) is 0.166. The third-order valence-electron chi connectivity index (χ3n) is 6.41. The van der Waals surface area contributed by atoms with Crippen molar-refractivity contribution >= 4 is 32.5 Å². The first kappa shape index (κ1) is 24.7. The Morgan fingerprint density at radius 3 is 1.97 bits per heavy atom. The van der Waals surface area contributed by atoms with E-state index in [9.17, 15) is 26.3 Å². The molecule has 196 valence electrons. The Hall–Kier alpha value is -4.60. The zero-order valence-electron chi connectivity index (χ0n) is 20.0. The molecule has 0 bridgehead atoms. The molecule has 6 aromatic rings. The first-order valence-corrected chi connectivity index (χ1v) is 11.6. The smallest absolute Gasteiger partial charge is 0.420 e. The molecule has 4 aromatic carbocycles. The predicted octanol–water partition coefficient (Wildman–Crippen LogP) is 9.33. The number of para-hydroxylation sites is 1. The van der Waals surface area contributed by atoms with Crippen LogP contribution < -0.4 is 4.74 Å². The van der Waals surface area contributed by atoms with E-state index in [1.807, 2.05) is 24.3 Å². The SMILES string of the molecule is Cc1ccc(C(F)(F)F)c(C(F)(F)F)c1Oc1nnc(-c2cc3ccccc3o2)c2cc3ccccc3cc12. The van der Waals surface area contributed by atoms with Crippen LogP contribution in [0.25, 0.3) is 44.0 Å². The van der Waals surface area contributed by atoms with Gasteiger partial charge in [0.2, 0.25) is 5.88 Å². The number of ether oxygens (including phenoxy) is 1. The molecule has 6 rings (SSSR count). The molecule has 0 atom stereocenters. The molecular weight excluding hydrogens is 522 g/mol. The van der Waals surface area contributed by atoms with Crippen LogP contribution in [-0.4, -0.2) is 10.2 Å². The molecule has 0 N–H and O–H groups in total. The Kier molecular flexibility index (Phi) is 5.53. The Bertz CT molecular complexity index is 1860. The molecule has 0 aliphatic rings. The van der Waals surface area contributed by atoms with Gasteiger partial charge in [-0.3, -0.25) is 0 Å². The van der Waals surface area contributed by atoms with E-state index < -0.39 is 29.2 Å². The monoisotopic (exact) mass is 538 g/mol. The van der Waals surface area contributed by atoms with Crippen LogP contribution in [0.4, 0.5) is 26.3 Å². The maximum Gasteiger partial charge on any atom is 0.420 e. The molecule has 39 heavy (non-hydrogen) atoms. The van der Waals surface area contributed by atoms with Crippen molar-refractivity contribution in [2.75, 3.05) is 0 Å². The van der Waals surface area contributed by atoms with Gasteiger partial charge in [-0.2, -0.15) is 26.3 Å². The molecule has 2 aromatic heterocycles. The third-order valence-corrected chi connectivity index (χ3v) is 6.41. The van der Waals surface area contributed by atoms with Crippen molar-refractivity contribution in [2.24, 2.45) is 0 Å². The predicted molar refractivity (Wildman–Crippen MR) is 134 cm³/mol. The fourth-order valence-corrected chi connectivity index (χ4v) is 4.60. The summed E-state index contributed by atoms with van der Waals surface area (Å²) in [6, 6.07) is 21.0. The van der Waals surface area contributed by atoms with E-state index in [0.29, 0.717) is 28.5 Å². The molecule has 0 fully saturated rings. The van der Waals surface area contributed by atoms with Crippen LogP contribution in [0.3, 0.4) is 0 Å². The van der Waals surface area contributed by atoms with E-state index in [2.05, 4.69) is 10.2 Å². The molecule has 0 spiro atoms. The van der Waals surface area contributed by atoms with Crippen molar-refractivity contribution in [3.05, 3.63) is 95.6 Å². The highest BCUT2D eigenvalue weighted by atomic mass is 19.4. The molecule has 0 saturated carbocycles. The molecule has 0 unspecified atom stereocenters. The number of hydrogen-bond donors (Lipinski definition) is 0. The second-order valence-corrected chi connectivity index (χ2v) is 8.98. The highest BCUT2D eigenvalue weighted by Crippen LogP contribution is 2.48. The fourth-order valence-electron chi connectivity index (χ4n) is 4.60. The van der Waals surface area contributed by atoms with Gasteiger partial charge in [0.25, 0.3) is 0 Å². The molecule has 0 aliphatic heterocycles. The van der Waals surface area contributed by atoms with Crippen LogP contribution in [-0.2, 0) is 12.4 Å². The molecule has 4 nitrogen and oxygen atoms in total. The molecule has 0 saturated heterocycles. The van der Waals surface area contributed by atoms with E-state index in [4.69, 9.17) is 9.15 Å². The maximum absolute atomic E-state index is 14.0. The summed E-state index contributed by atoms with van der Waals surface area (Å²) in [6.07, 6.45) is -10.6. The number of halogens is 6. The minimum atomic E-state index is -5.35. The summed E-state index contributed by atoms with van der Waals surface area (Å²) >= 11 is 0. The lowest BCUT2D eigenvalue weighted by atomic mass is 10.0. The van der Waals surface area contributed by atoms with Crippen molar-refractivity contribution in [3.8, 4) is 23.1 Å². The number of hydrogen-bond acceptors (Lipinski definition) is 4. The van der Waals surface area contributed by atoms with Crippen molar-refractivity contribution in [1.82, 2.24) is 10.2 Å². The van der Waals surface area contributed by atoms with E-state index in [0.717, 1.165) is 22.2 Å². The number of alkyl halides is 6. The van der Waals surface area contributed by atoms with E-state index in [1.165, 1.54) is 6.92 Å². The summed E-state index contributed by atoms with van der Waals surface area (Å²) in [4.78, 5) is 0. The number of aromatic nitrogens is 2. The highest BCUT2D eigenvalue weighted by molar-refractivity contribution is 6.05. The number of furan rings is 1. The third kappa shape index (κ3) is 4.31. The lowest BCUT2D eigenvalue weighted by Gasteiger charge is -2.21. The molecule has 0 radical (unpaired) electrons. The zero-order chi connectivity index (χ0) is 27.5. The summed E-state index contributed by atoms with van der Waals surface area (Å²) < 4.78 is 94.3. The van der Waals surface area contributed by atoms with Gasteiger partial charge >= 0.3 is 12.4 Å². The van der Waals surface area contributed by atoms with Gasteiger partial charge < -0.3 is 9.15 Å². The van der Waals surface area contributed by atoms with Gasteiger partial charge in [-0.1, -0.05) is 48.5 Å². The van der Waals surface area contributed by atoms with Gasteiger partial charge in [0.1, 0.15) is 22.6 Å². The van der Waals surface area contributed by atoms with E-state index >= 15 is 0 Å². The van der Waals surface area contributed by atoms with Crippen LogP contribution in [0.2, 0.25) is 0 Å². The fraction of sp³-hybridized carbons (Fsp3) is 0.103. The van der Waals surface area contributed by atoms with Crippen LogP contribution >= 0.6 is 0 Å². The number of benzene rings is 4. The number of rotatable bonds is 3. The number of aryl methyl sites for hydroxylation is 1. The van der Waals surface area contributed by atoms with Gasteiger partial charge in [0.05, 0.1) is 5.56 Å². The molecule has 0 amide bonds. The Labute approximate surface area is 216 Å². The van der Waals surface area contributed by atoms with Crippen molar-refractivity contribution in [2.45, 2.75) is 19.3 Å². The lowest BCUT2D eigenvalue weighted by molar-refractivity contribution is -0.162. The van der Waals surface area contributed by atoms with Gasteiger partial charge in [0, 0.05) is 16.2 Å². The molecular formula is C29H16F6N2O2. The van der Waals surface area contributed by atoms with Crippen LogP contribution in [0.1, 0.15) is 16.7 Å². The molecule has 2 heterocycles. The summed E-state index contributed by atoms with van der Waals surface area (Å²) in [5, 5.41) is 11.2. The van der Waals surface area contributed by atoms with E-state index in [-0.39, 0.29) is 16.8 Å². The Balaban J connectivity index is 1.61. The summed E-state index contributed by atoms with van der Waals surface area (Å²) in [6.45, 7) is 1.23. The van der Waals surface area contributed by atoms with Gasteiger partial charge in [-0.15, -0.1) is 10.2 Å². The topological polar surface area (TPSA) is 48.2 Å². The van der Waals surface area contributed by atoms with Crippen LogP contribution in [0.5, 0.6) is 11.6 Å². The average Bonchev–Trinajstić information content (AvgIpc) is 3.31. The Morgan fingerprint density at radius 2 is 1.33 bits per heavy atom. The van der Waals surface area contributed by atoms with E-state index in [1.54, 1.807) is 42.5 Å². The van der Waals surface area contributed by atoms with Crippen molar-refractivity contribution in [1.29, 1.82) is 0 Å². The Morgan fingerprint density at radius 1 is 0.692 bits per heavy atom. The van der Waals surface area contributed by atoms with Gasteiger partial charge in [-0.05, 0) is 53.6 Å². The first-order chi connectivity index (χ1) is 18.5. The first-order valence-electron chi connectivity index (χ1n) is 11.6. The second kappa shape index (κ2) is 8.72. The second-order valence-electron chi connectivity index (χ2n) is 8.98. The normalized spacial score (nSPS) is 12.5. The summed E-state index contributed by atoms with van der Waals surface area (Å²) in [5.74, 6) is -0.997. The highest BCUT2D eigenvalue weighted by Gasteiger charge is 2.46. The molecule has 0 aliphatic carbocycles. The number of fused-ring (bicyclic) bond motifs is 3. The van der Waals surface area contributed by atoms with Crippen molar-refractivity contribution in [3.63, 3.8) is 0 Å². The van der Waals surface area contributed by atoms with Gasteiger partial charge in [0.15, 0.2) is 5.76 Å². The average molecular weight is 538 g/mol. The minimum absolute atomic E-state index is 0.146. The lowest BCUT2D eigenvalue weighted by Crippen LogP contribution is -2.18. The van der Waals surface area contributed by atoms with Crippen LogP contribution in [0, 0.1) is 6.92 Å². The van der Waals surface area contributed by atoms with Crippen molar-refractivity contribution < 1.29 is 35.5 Å². The standard InChI is InChI=1S/C29H16F6N2O2/c1-15-10-11-21(28(30,31)32)24(29(33,34)35)26(15)39-27-20-13-17-7-3-2-6-16(17)12-19(20)25(36-37-27)23-14-18-8-4-5-9-22(18)38-23/h2-14H,1H3. The summed E-state index contributed by atoms with van der Waals surface area (Å²) in [7, 11) is 0. The summed E-state index contributed by atoms with van der Waals surface area (Å²) in [5.41, 5.74) is -3.02. The molecule has 10 heteroatoms. The minimum Gasteiger partial charge on any atom is -0.454 e. The maximum atomic E-state index is 14.0. The number of nitrogens with zero attached hydrogens (tertiary/aromatic N) is 2. The zero-order valence-corrected chi connectivity index (χ0v) is 20.0. The van der Waals surface area contributed by atoms with Crippen LogP contribution in [0.15, 0.2) is 83.3 Å². The largest absolute Gasteiger partial charge is 0.454 e. The van der Waals surface area contributed by atoms with Gasteiger partial charge in [-0.25, -0.2) is 0 Å².